The van der Waals surface area contributed by atoms with Gasteiger partial charge in [-0.15, -0.1) is 11.3 Å². The molecule has 5 nitrogen and oxygen atoms in total. The van der Waals surface area contributed by atoms with Crippen LogP contribution in [-0.4, -0.2) is 21.7 Å². The van der Waals surface area contributed by atoms with Crippen LogP contribution < -0.4 is 9.47 Å². The number of aliphatic carboxylic acids is 1. The fourth-order valence-corrected chi connectivity index (χ4v) is 4.23. The van der Waals surface area contributed by atoms with Crippen molar-refractivity contribution >= 4 is 17.3 Å². The van der Waals surface area contributed by atoms with Crippen LogP contribution in [0.2, 0.25) is 0 Å². The van der Waals surface area contributed by atoms with Crippen molar-refractivity contribution in [3.63, 3.8) is 0 Å². The number of halogens is 4. The van der Waals surface area contributed by atoms with Crippen molar-refractivity contribution in [3.8, 4) is 22.1 Å². The van der Waals surface area contributed by atoms with E-state index in [0.29, 0.717) is 33.7 Å². The minimum Gasteiger partial charge on any atom is -0.485 e. The van der Waals surface area contributed by atoms with Crippen LogP contribution >= 0.6 is 11.3 Å². The molecule has 1 N–H and O–H groups in total. The summed E-state index contributed by atoms with van der Waals surface area (Å²) < 4.78 is 64.4. The SMILES string of the molecule is Cc1cc(OC(C)c2sc(-c3ccc(C(F)(F)F)cc3F)nc2C)ccc1OC(C)(C)C(=O)O. The number of aromatic nitrogens is 1. The van der Waals surface area contributed by atoms with Crippen LogP contribution in [0.5, 0.6) is 11.5 Å². The van der Waals surface area contributed by atoms with Gasteiger partial charge in [-0.1, -0.05) is 0 Å². The molecule has 34 heavy (non-hydrogen) atoms. The maximum absolute atomic E-state index is 14.4. The molecule has 0 amide bonds. The number of thiazole rings is 1. The molecule has 1 heterocycles. The molecule has 0 radical (unpaired) electrons. The van der Waals surface area contributed by atoms with Gasteiger partial charge in [0.1, 0.15) is 28.4 Å². The molecule has 0 aliphatic rings. The first-order valence-corrected chi connectivity index (χ1v) is 11.0. The van der Waals surface area contributed by atoms with Crippen molar-refractivity contribution in [3.05, 3.63) is 63.9 Å². The molecule has 0 bridgehead atoms. The van der Waals surface area contributed by atoms with E-state index >= 15 is 0 Å². The standard InChI is InChI=1S/C24H23F4NO4S/c1-12-10-16(7-9-19(12)33-23(4,5)22(30)31)32-14(3)20-13(2)29-21(34-20)17-8-6-15(11-18(17)25)24(26,27)28/h6-11,14H,1-5H3,(H,30,31). The van der Waals surface area contributed by atoms with Gasteiger partial charge in [-0.3, -0.25) is 0 Å². The summed E-state index contributed by atoms with van der Waals surface area (Å²) >= 11 is 1.14. The highest BCUT2D eigenvalue weighted by Crippen LogP contribution is 2.38. The van der Waals surface area contributed by atoms with Crippen LogP contribution in [0.4, 0.5) is 17.6 Å². The Kier molecular flexibility index (Phi) is 6.93. The van der Waals surface area contributed by atoms with Crippen molar-refractivity contribution in [2.45, 2.75) is 52.5 Å². The molecule has 3 rings (SSSR count). The fraction of sp³-hybridized carbons (Fsp3) is 0.333. The highest BCUT2D eigenvalue weighted by molar-refractivity contribution is 7.15. The van der Waals surface area contributed by atoms with Crippen molar-refractivity contribution in [2.75, 3.05) is 0 Å². The van der Waals surface area contributed by atoms with E-state index in [0.717, 1.165) is 23.5 Å². The maximum Gasteiger partial charge on any atom is 0.416 e. The van der Waals surface area contributed by atoms with Gasteiger partial charge in [0.2, 0.25) is 0 Å². The van der Waals surface area contributed by atoms with E-state index in [1.54, 1.807) is 39.0 Å². The molecule has 0 saturated heterocycles. The van der Waals surface area contributed by atoms with Crippen molar-refractivity contribution in [2.24, 2.45) is 0 Å². The first kappa shape index (κ1) is 25.5. The predicted octanol–water partition coefficient (Wildman–Crippen LogP) is 6.97. The summed E-state index contributed by atoms with van der Waals surface area (Å²) in [6.45, 7) is 8.15. The maximum atomic E-state index is 14.4. The lowest BCUT2D eigenvalue weighted by molar-refractivity contribution is -0.152. The summed E-state index contributed by atoms with van der Waals surface area (Å²) in [7, 11) is 0. The first-order chi connectivity index (χ1) is 15.7. The topological polar surface area (TPSA) is 68.7 Å². The Hall–Kier alpha value is -3.14. The van der Waals surface area contributed by atoms with Crippen LogP contribution in [0.1, 0.15) is 48.6 Å². The monoisotopic (exact) mass is 497 g/mol. The highest BCUT2D eigenvalue weighted by Gasteiger charge is 2.32. The second kappa shape index (κ2) is 9.25. The number of rotatable bonds is 7. The minimum absolute atomic E-state index is 0.0158. The molecule has 0 fully saturated rings. The van der Waals surface area contributed by atoms with Crippen LogP contribution in [0.25, 0.3) is 10.6 Å². The number of hydrogen-bond donors (Lipinski definition) is 1. The van der Waals surface area contributed by atoms with Gasteiger partial charge in [0.15, 0.2) is 5.60 Å². The average molecular weight is 498 g/mol. The van der Waals surface area contributed by atoms with Gasteiger partial charge in [0.05, 0.1) is 16.1 Å². The van der Waals surface area contributed by atoms with Gasteiger partial charge in [-0.25, -0.2) is 14.2 Å². The average Bonchev–Trinajstić information content (AvgIpc) is 3.10. The van der Waals surface area contributed by atoms with Crippen molar-refractivity contribution in [1.29, 1.82) is 0 Å². The third-order valence-electron chi connectivity index (χ3n) is 5.07. The van der Waals surface area contributed by atoms with Crippen molar-refractivity contribution in [1.82, 2.24) is 4.98 Å². The van der Waals surface area contributed by atoms with Gasteiger partial charge in [-0.2, -0.15) is 13.2 Å². The number of carboxylic acids is 1. The summed E-state index contributed by atoms with van der Waals surface area (Å²) in [5, 5.41) is 9.50. The normalized spacial score (nSPS) is 13.0. The van der Waals surface area contributed by atoms with E-state index in [-0.39, 0.29) is 10.6 Å². The minimum atomic E-state index is -4.63. The van der Waals surface area contributed by atoms with Crippen LogP contribution in [-0.2, 0) is 11.0 Å². The Morgan fingerprint density at radius 2 is 1.79 bits per heavy atom. The van der Waals surface area contributed by atoms with E-state index < -0.39 is 35.2 Å². The molecule has 3 aromatic rings. The molecule has 1 aromatic heterocycles. The third-order valence-corrected chi connectivity index (χ3v) is 6.42. The number of aryl methyl sites for hydroxylation is 2. The zero-order chi connectivity index (χ0) is 25.4. The number of ether oxygens (including phenoxy) is 2. The molecule has 1 unspecified atom stereocenters. The molecule has 0 spiro atoms. The number of carboxylic acid groups (broad SMARTS) is 1. The Morgan fingerprint density at radius 1 is 1.12 bits per heavy atom. The summed E-state index contributed by atoms with van der Waals surface area (Å²) in [6, 6.07) is 7.33. The molecule has 10 heteroatoms. The Labute approximate surface area is 198 Å². The van der Waals surface area contributed by atoms with Crippen LogP contribution in [0.3, 0.4) is 0 Å². The zero-order valence-electron chi connectivity index (χ0n) is 19.1. The molecule has 0 aliphatic heterocycles. The van der Waals surface area contributed by atoms with Gasteiger partial charge in [-0.05, 0) is 76.6 Å². The number of benzene rings is 2. The van der Waals surface area contributed by atoms with Gasteiger partial charge >= 0.3 is 12.1 Å². The summed E-state index contributed by atoms with van der Waals surface area (Å²) in [5.74, 6) is -1.19. The van der Waals surface area contributed by atoms with E-state index in [2.05, 4.69) is 4.98 Å². The second-order valence-electron chi connectivity index (χ2n) is 8.27. The van der Waals surface area contributed by atoms with Crippen molar-refractivity contribution < 1.29 is 36.9 Å². The van der Waals surface area contributed by atoms with E-state index in [1.807, 2.05) is 0 Å². The predicted molar refractivity (Wildman–Crippen MR) is 120 cm³/mol. The Morgan fingerprint density at radius 3 is 2.35 bits per heavy atom. The van der Waals surface area contributed by atoms with Gasteiger partial charge < -0.3 is 14.6 Å². The van der Waals surface area contributed by atoms with Crippen LogP contribution in [0.15, 0.2) is 36.4 Å². The lowest BCUT2D eigenvalue weighted by Gasteiger charge is -2.23. The molecular weight excluding hydrogens is 474 g/mol. The van der Waals surface area contributed by atoms with Gasteiger partial charge in [0, 0.05) is 5.56 Å². The molecular formula is C24H23F4NO4S. The van der Waals surface area contributed by atoms with Gasteiger partial charge in [0.25, 0.3) is 0 Å². The van der Waals surface area contributed by atoms with Crippen LogP contribution in [0, 0.1) is 19.7 Å². The molecule has 0 aliphatic carbocycles. The second-order valence-corrected chi connectivity index (χ2v) is 9.30. The summed E-state index contributed by atoms with van der Waals surface area (Å²) in [6.07, 6.45) is -5.11. The smallest absolute Gasteiger partial charge is 0.416 e. The lowest BCUT2D eigenvalue weighted by atomic mass is 10.1. The Balaban J connectivity index is 1.80. The highest BCUT2D eigenvalue weighted by atomic mass is 32.1. The molecule has 2 aromatic carbocycles. The molecule has 1 atom stereocenters. The lowest BCUT2D eigenvalue weighted by Crippen LogP contribution is -2.38. The largest absolute Gasteiger partial charge is 0.485 e. The third kappa shape index (κ3) is 5.49. The van der Waals surface area contributed by atoms with E-state index in [9.17, 15) is 27.5 Å². The Bertz CT molecular complexity index is 1220. The van der Waals surface area contributed by atoms with E-state index in [4.69, 9.17) is 9.47 Å². The summed E-state index contributed by atoms with van der Waals surface area (Å²) in [5.41, 5.74) is -1.23. The quantitative estimate of drug-likeness (QED) is 0.357. The first-order valence-electron chi connectivity index (χ1n) is 10.2. The number of nitrogens with zero attached hydrogens (tertiary/aromatic N) is 1. The summed E-state index contributed by atoms with van der Waals surface area (Å²) in [4.78, 5) is 16.3. The number of hydrogen-bond acceptors (Lipinski definition) is 5. The molecule has 182 valence electrons. The van der Waals surface area contributed by atoms with E-state index in [1.165, 1.54) is 13.8 Å². The fourth-order valence-electron chi connectivity index (χ4n) is 3.15. The zero-order valence-corrected chi connectivity index (χ0v) is 19.9. The number of carbonyl (C=O) groups is 1. The molecule has 0 saturated carbocycles. The number of alkyl halides is 3.